The highest BCUT2D eigenvalue weighted by Gasteiger charge is 2.19. The van der Waals surface area contributed by atoms with Crippen molar-refractivity contribution >= 4 is 16.3 Å². The van der Waals surface area contributed by atoms with Crippen molar-refractivity contribution in [3.05, 3.63) is 68.6 Å². The van der Waals surface area contributed by atoms with Crippen molar-refractivity contribution in [1.29, 1.82) is 0 Å². The second-order valence-electron chi connectivity index (χ2n) is 7.71. The van der Waals surface area contributed by atoms with Gasteiger partial charge in [-0.15, -0.1) is 11.3 Å². The topological polar surface area (TPSA) is 49.6 Å². The summed E-state index contributed by atoms with van der Waals surface area (Å²) in [6.07, 6.45) is 4.45. The van der Waals surface area contributed by atoms with Gasteiger partial charge in [0.05, 0.1) is 5.69 Å². The predicted octanol–water partition coefficient (Wildman–Crippen LogP) is 3.81. The van der Waals surface area contributed by atoms with E-state index in [-0.39, 0.29) is 11.6 Å². The number of nitrogens with zero attached hydrogens (tertiary/aromatic N) is 3. The third-order valence-corrected chi connectivity index (χ3v) is 7.02. The monoisotopic (exact) mass is 410 g/mol. The number of hydrogen-bond donors (Lipinski definition) is 1. The Morgan fingerprint density at radius 3 is 2.69 bits per heavy atom. The summed E-state index contributed by atoms with van der Waals surface area (Å²) in [5.41, 5.74) is 3.35. The Hall–Kier alpha value is -2.02. The molecule has 0 saturated carbocycles. The van der Waals surface area contributed by atoms with E-state index in [9.17, 15) is 4.79 Å². The molecule has 0 saturated heterocycles. The van der Waals surface area contributed by atoms with Crippen molar-refractivity contribution < 1.29 is 0 Å². The van der Waals surface area contributed by atoms with Gasteiger partial charge in [-0.25, -0.2) is 4.98 Å². The molecular formula is C23H30N4OS. The fraction of sp³-hybridized carbons (Fsp3) is 0.478. The van der Waals surface area contributed by atoms with Crippen LogP contribution in [0.1, 0.15) is 54.6 Å². The average Bonchev–Trinajstić information content (AvgIpc) is 3.13. The summed E-state index contributed by atoms with van der Waals surface area (Å²) in [6.45, 7) is 7.96. The zero-order valence-electron chi connectivity index (χ0n) is 17.4. The summed E-state index contributed by atoms with van der Waals surface area (Å²) in [7, 11) is 0. The molecule has 0 fully saturated rings. The summed E-state index contributed by atoms with van der Waals surface area (Å²) >= 11 is 1.69. The van der Waals surface area contributed by atoms with Crippen molar-refractivity contribution in [2.45, 2.75) is 52.1 Å². The lowest BCUT2D eigenvalue weighted by Crippen LogP contribution is -2.35. The van der Waals surface area contributed by atoms with Crippen LogP contribution in [0.4, 0.5) is 0 Å². The highest BCUT2D eigenvalue weighted by Crippen LogP contribution is 2.28. The first-order valence-electron chi connectivity index (χ1n) is 10.7. The van der Waals surface area contributed by atoms with Crippen LogP contribution in [0, 0.1) is 0 Å². The van der Waals surface area contributed by atoms with Gasteiger partial charge in [0.1, 0.15) is 0 Å². The smallest absolute Gasteiger partial charge is 0.259 e. The SMILES string of the molecule is CCN(CC)C[C@H](NCc1cc(=O)n2c3c(sc2n1)CCCC3)c1ccccc1. The van der Waals surface area contributed by atoms with Crippen LogP contribution in [0.2, 0.25) is 0 Å². The average molecular weight is 411 g/mol. The molecule has 0 bridgehead atoms. The summed E-state index contributed by atoms with van der Waals surface area (Å²) in [5, 5.41) is 3.66. The highest BCUT2D eigenvalue weighted by molar-refractivity contribution is 7.17. The Bertz CT molecular complexity index is 1010. The quantitative estimate of drug-likeness (QED) is 0.614. The van der Waals surface area contributed by atoms with E-state index < -0.39 is 0 Å². The zero-order chi connectivity index (χ0) is 20.2. The zero-order valence-corrected chi connectivity index (χ0v) is 18.2. The van der Waals surface area contributed by atoms with Crippen molar-refractivity contribution in [2.75, 3.05) is 19.6 Å². The Kier molecular flexibility index (Phi) is 6.43. The lowest BCUT2D eigenvalue weighted by Gasteiger charge is -2.26. The Balaban J connectivity index is 1.56. The summed E-state index contributed by atoms with van der Waals surface area (Å²) in [4.78, 5) is 22.3. The fourth-order valence-electron chi connectivity index (χ4n) is 4.17. The molecule has 0 spiro atoms. The molecule has 1 aliphatic carbocycles. The van der Waals surface area contributed by atoms with Crippen LogP contribution in [-0.4, -0.2) is 33.9 Å². The number of benzene rings is 1. The van der Waals surface area contributed by atoms with E-state index in [1.165, 1.54) is 29.0 Å². The lowest BCUT2D eigenvalue weighted by molar-refractivity contribution is 0.264. The number of hydrogen-bond acceptors (Lipinski definition) is 5. The van der Waals surface area contributed by atoms with Crippen molar-refractivity contribution in [3.8, 4) is 0 Å². The summed E-state index contributed by atoms with van der Waals surface area (Å²) < 4.78 is 1.84. The third-order valence-electron chi connectivity index (χ3n) is 5.88. The van der Waals surface area contributed by atoms with Crippen LogP contribution in [0.3, 0.4) is 0 Å². The maximum Gasteiger partial charge on any atom is 0.259 e. The van der Waals surface area contributed by atoms with E-state index >= 15 is 0 Å². The molecule has 154 valence electrons. The van der Waals surface area contributed by atoms with Gasteiger partial charge >= 0.3 is 0 Å². The van der Waals surface area contributed by atoms with Crippen LogP contribution in [0.15, 0.2) is 41.2 Å². The van der Waals surface area contributed by atoms with E-state index in [0.717, 1.165) is 43.1 Å². The van der Waals surface area contributed by atoms with Crippen LogP contribution in [0.5, 0.6) is 0 Å². The molecule has 2 heterocycles. The van der Waals surface area contributed by atoms with Crippen LogP contribution in [0.25, 0.3) is 4.96 Å². The largest absolute Gasteiger partial charge is 0.303 e. The number of aryl methyl sites for hydroxylation is 2. The second-order valence-corrected chi connectivity index (χ2v) is 8.77. The van der Waals surface area contributed by atoms with Crippen molar-refractivity contribution in [1.82, 2.24) is 19.6 Å². The number of rotatable bonds is 8. The highest BCUT2D eigenvalue weighted by atomic mass is 32.1. The Morgan fingerprint density at radius 1 is 1.17 bits per heavy atom. The minimum Gasteiger partial charge on any atom is -0.303 e. The van der Waals surface area contributed by atoms with Gasteiger partial charge in [-0.05, 0) is 44.3 Å². The molecule has 0 unspecified atom stereocenters. The minimum absolute atomic E-state index is 0.0613. The maximum atomic E-state index is 12.8. The first-order chi connectivity index (χ1) is 14.2. The predicted molar refractivity (Wildman–Crippen MR) is 120 cm³/mol. The summed E-state index contributed by atoms with van der Waals surface area (Å²) in [5.74, 6) is 0. The number of aromatic nitrogens is 2. The molecule has 0 amide bonds. The van der Waals surface area contributed by atoms with Crippen LogP contribution >= 0.6 is 11.3 Å². The van der Waals surface area contributed by atoms with Crippen molar-refractivity contribution in [2.24, 2.45) is 0 Å². The third kappa shape index (κ3) is 4.44. The van der Waals surface area contributed by atoms with Gasteiger partial charge in [0.2, 0.25) is 0 Å². The fourth-order valence-corrected chi connectivity index (χ4v) is 5.41. The molecule has 6 heteroatoms. The molecule has 0 radical (unpaired) electrons. The van der Waals surface area contributed by atoms with E-state index in [1.54, 1.807) is 17.4 Å². The normalized spacial score (nSPS) is 15.0. The Morgan fingerprint density at radius 2 is 1.93 bits per heavy atom. The standard InChI is InChI=1S/C23H30N4OS/c1-3-26(4-2)16-19(17-10-6-5-7-11-17)24-15-18-14-22(28)27-20-12-8-9-13-21(20)29-23(27)25-18/h5-7,10-11,14,19,24H,3-4,8-9,12-13,15-16H2,1-2H3/t19-/m0/s1. The molecule has 1 N–H and O–H groups in total. The molecule has 1 aliphatic rings. The molecule has 0 aliphatic heterocycles. The van der Waals surface area contributed by atoms with Gasteiger partial charge in [0.15, 0.2) is 4.96 Å². The molecule has 5 nitrogen and oxygen atoms in total. The maximum absolute atomic E-state index is 12.8. The van der Waals surface area contributed by atoms with E-state index in [1.807, 2.05) is 10.5 Å². The molecule has 3 aromatic rings. The number of thiazole rings is 1. The number of likely N-dealkylation sites (N-methyl/N-ethyl adjacent to an activating group) is 1. The molecule has 29 heavy (non-hydrogen) atoms. The lowest BCUT2D eigenvalue weighted by atomic mass is 10.0. The van der Waals surface area contributed by atoms with Gasteiger partial charge in [0, 0.05) is 35.8 Å². The second kappa shape index (κ2) is 9.20. The molecular weight excluding hydrogens is 380 g/mol. The minimum atomic E-state index is 0.0613. The number of nitrogens with one attached hydrogen (secondary N) is 1. The van der Waals surface area contributed by atoms with E-state index in [0.29, 0.717) is 6.54 Å². The van der Waals surface area contributed by atoms with E-state index in [2.05, 4.69) is 48.3 Å². The van der Waals surface area contributed by atoms with Crippen LogP contribution in [-0.2, 0) is 19.4 Å². The number of fused-ring (bicyclic) bond motifs is 3. The van der Waals surface area contributed by atoms with Gasteiger partial charge in [-0.3, -0.25) is 9.20 Å². The summed E-state index contributed by atoms with van der Waals surface area (Å²) in [6, 6.07) is 12.5. The van der Waals surface area contributed by atoms with Gasteiger partial charge in [0.25, 0.3) is 5.56 Å². The Labute approximate surface area is 176 Å². The van der Waals surface area contributed by atoms with Crippen molar-refractivity contribution in [3.63, 3.8) is 0 Å². The van der Waals surface area contributed by atoms with Gasteiger partial charge < -0.3 is 10.2 Å². The molecule has 1 atom stereocenters. The molecule has 2 aromatic heterocycles. The van der Waals surface area contributed by atoms with E-state index in [4.69, 9.17) is 4.98 Å². The first-order valence-corrected chi connectivity index (χ1v) is 11.5. The molecule has 4 rings (SSSR count). The first kappa shape index (κ1) is 20.3. The van der Waals surface area contributed by atoms with Crippen LogP contribution < -0.4 is 10.9 Å². The molecule has 1 aromatic carbocycles. The van der Waals surface area contributed by atoms with Gasteiger partial charge in [-0.2, -0.15) is 0 Å². The van der Waals surface area contributed by atoms with Gasteiger partial charge in [-0.1, -0.05) is 44.2 Å².